The first-order valence-electron chi connectivity index (χ1n) is 5.46. The van der Waals surface area contributed by atoms with Gasteiger partial charge in [0.25, 0.3) is 5.69 Å². The van der Waals surface area contributed by atoms with Gasteiger partial charge in [-0.1, -0.05) is 6.07 Å². The van der Waals surface area contributed by atoms with E-state index in [2.05, 4.69) is 0 Å². The van der Waals surface area contributed by atoms with Crippen molar-refractivity contribution in [3.05, 3.63) is 58.1 Å². The molecule has 0 radical (unpaired) electrons. The van der Waals surface area contributed by atoms with Gasteiger partial charge in [0.05, 0.1) is 4.92 Å². The maximum absolute atomic E-state index is 11.8. The average Bonchev–Trinajstić information content (AvgIpc) is 2.38. The molecule has 102 valence electrons. The van der Waals surface area contributed by atoms with Crippen molar-refractivity contribution in [2.45, 2.75) is 0 Å². The lowest BCUT2D eigenvalue weighted by molar-refractivity contribution is -0.384. The van der Waals surface area contributed by atoms with Crippen molar-refractivity contribution in [3.63, 3.8) is 0 Å². The number of phenols is 2. The van der Waals surface area contributed by atoms with Crippen molar-refractivity contribution in [2.24, 2.45) is 0 Å². The fourth-order valence-electron chi connectivity index (χ4n) is 1.51. The van der Waals surface area contributed by atoms with Gasteiger partial charge in [0.15, 0.2) is 0 Å². The summed E-state index contributed by atoms with van der Waals surface area (Å²) in [6, 6.07) is 8.50. The van der Waals surface area contributed by atoms with E-state index in [0.717, 1.165) is 18.2 Å². The highest BCUT2D eigenvalue weighted by Gasteiger charge is 2.18. The number of esters is 1. The fraction of sp³-hybridized carbons (Fsp3) is 0. The van der Waals surface area contributed by atoms with Crippen molar-refractivity contribution in [3.8, 4) is 17.2 Å². The smallest absolute Gasteiger partial charge is 0.347 e. The lowest BCUT2D eigenvalue weighted by atomic mass is 10.2. The van der Waals surface area contributed by atoms with E-state index in [9.17, 15) is 25.1 Å². The Kier molecular flexibility index (Phi) is 3.52. The van der Waals surface area contributed by atoms with Crippen molar-refractivity contribution in [1.82, 2.24) is 0 Å². The highest BCUT2D eigenvalue weighted by Crippen LogP contribution is 2.25. The van der Waals surface area contributed by atoms with Crippen molar-refractivity contribution in [1.29, 1.82) is 0 Å². The van der Waals surface area contributed by atoms with Crippen LogP contribution >= 0.6 is 0 Å². The molecule has 0 fully saturated rings. The number of aromatic hydroxyl groups is 2. The lowest BCUT2D eigenvalue weighted by Gasteiger charge is -2.06. The Hall–Kier alpha value is -3.09. The van der Waals surface area contributed by atoms with Crippen LogP contribution in [0.3, 0.4) is 0 Å². The Morgan fingerprint density at radius 2 is 1.90 bits per heavy atom. The molecule has 0 unspecified atom stereocenters. The summed E-state index contributed by atoms with van der Waals surface area (Å²) < 4.78 is 4.92. The van der Waals surface area contributed by atoms with Crippen molar-refractivity contribution < 1.29 is 24.7 Å². The Bertz CT molecular complexity index is 682. The minimum absolute atomic E-state index is 0.0564. The summed E-state index contributed by atoms with van der Waals surface area (Å²) in [6.45, 7) is 0. The van der Waals surface area contributed by atoms with E-state index in [0.29, 0.717) is 0 Å². The molecule has 2 aromatic rings. The molecule has 2 N–H and O–H groups in total. The quantitative estimate of drug-likeness (QED) is 0.384. The molecule has 0 aliphatic carbocycles. The summed E-state index contributed by atoms with van der Waals surface area (Å²) in [7, 11) is 0. The molecule has 20 heavy (non-hydrogen) atoms. The van der Waals surface area contributed by atoms with E-state index < -0.39 is 16.6 Å². The third kappa shape index (κ3) is 2.83. The van der Waals surface area contributed by atoms with Crippen LogP contribution in [0, 0.1) is 10.1 Å². The van der Waals surface area contributed by atoms with Gasteiger partial charge >= 0.3 is 5.97 Å². The summed E-state index contributed by atoms with van der Waals surface area (Å²) in [4.78, 5) is 21.8. The maximum atomic E-state index is 11.8. The Morgan fingerprint density at radius 1 is 1.15 bits per heavy atom. The number of non-ortho nitro benzene ring substituents is 1. The molecular formula is C13H9NO6. The van der Waals surface area contributed by atoms with E-state index in [1.165, 1.54) is 24.3 Å². The first kappa shape index (κ1) is 13.3. The monoisotopic (exact) mass is 275 g/mol. The number of nitro benzene ring substituents is 1. The predicted octanol–water partition coefficient (Wildman–Crippen LogP) is 2.23. The van der Waals surface area contributed by atoms with Crippen LogP contribution in [-0.4, -0.2) is 21.1 Å². The van der Waals surface area contributed by atoms with Crippen LogP contribution in [-0.2, 0) is 0 Å². The van der Waals surface area contributed by atoms with Gasteiger partial charge in [0.2, 0.25) is 0 Å². The van der Waals surface area contributed by atoms with E-state index in [-0.39, 0.29) is 22.7 Å². The van der Waals surface area contributed by atoms with Crippen LogP contribution in [0.15, 0.2) is 42.5 Å². The summed E-state index contributed by atoms with van der Waals surface area (Å²) in [5.41, 5.74) is -0.673. The van der Waals surface area contributed by atoms with Crippen molar-refractivity contribution in [2.75, 3.05) is 0 Å². The molecule has 0 saturated heterocycles. The van der Waals surface area contributed by atoms with Gasteiger partial charge < -0.3 is 14.9 Å². The molecule has 0 atom stereocenters. The second-order valence-electron chi connectivity index (χ2n) is 3.85. The third-order valence-electron chi connectivity index (χ3n) is 2.44. The number of hydrogen-bond donors (Lipinski definition) is 2. The standard InChI is InChI=1S/C13H9NO6/c15-9-2-1-3-10(7-9)20-13(17)11-6-8(14(18)19)4-5-12(11)16/h1-7,15-16H. The van der Waals surface area contributed by atoms with Gasteiger partial charge in [0, 0.05) is 18.2 Å². The van der Waals surface area contributed by atoms with Crippen LogP contribution in [0.2, 0.25) is 0 Å². The molecule has 0 bridgehead atoms. The van der Waals surface area contributed by atoms with Gasteiger partial charge in [0.1, 0.15) is 22.8 Å². The first-order valence-corrected chi connectivity index (χ1v) is 5.46. The minimum Gasteiger partial charge on any atom is -0.508 e. The van der Waals surface area contributed by atoms with E-state index >= 15 is 0 Å². The SMILES string of the molecule is O=C(Oc1cccc(O)c1)c1cc([N+](=O)[O-])ccc1O. The maximum Gasteiger partial charge on any atom is 0.347 e. The van der Waals surface area contributed by atoms with Crippen LogP contribution in [0.25, 0.3) is 0 Å². The summed E-state index contributed by atoms with van der Waals surface area (Å²) in [5, 5.41) is 29.4. The normalized spacial score (nSPS) is 10.0. The van der Waals surface area contributed by atoms with Gasteiger partial charge in [-0.15, -0.1) is 0 Å². The summed E-state index contributed by atoms with van der Waals surface area (Å²) in [5.74, 6) is -1.43. The Labute approximate surface area is 112 Å². The fourth-order valence-corrected chi connectivity index (χ4v) is 1.51. The lowest BCUT2D eigenvalue weighted by Crippen LogP contribution is -2.09. The number of hydrogen-bond acceptors (Lipinski definition) is 6. The zero-order valence-electron chi connectivity index (χ0n) is 10.0. The van der Waals surface area contributed by atoms with Crippen molar-refractivity contribution >= 4 is 11.7 Å². The van der Waals surface area contributed by atoms with Crippen LogP contribution in [0.4, 0.5) is 5.69 Å². The van der Waals surface area contributed by atoms with E-state index in [1.807, 2.05) is 0 Å². The number of nitro groups is 1. The van der Waals surface area contributed by atoms with Gasteiger partial charge in [-0.3, -0.25) is 10.1 Å². The highest BCUT2D eigenvalue weighted by molar-refractivity contribution is 5.94. The molecule has 0 aliphatic rings. The Balaban J connectivity index is 2.29. The topological polar surface area (TPSA) is 110 Å². The molecule has 7 heteroatoms. The predicted molar refractivity (Wildman–Crippen MR) is 67.8 cm³/mol. The zero-order valence-corrected chi connectivity index (χ0v) is 10.0. The number of nitrogens with zero attached hydrogens (tertiary/aromatic N) is 1. The highest BCUT2D eigenvalue weighted by atomic mass is 16.6. The van der Waals surface area contributed by atoms with E-state index in [4.69, 9.17) is 4.74 Å². The third-order valence-corrected chi connectivity index (χ3v) is 2.44. The second-order valence-corrected chi connectivity index (χ2v) is 3.85. The molecule has 0 heterocycles. The van der Waals surface area contributed by atoms with E-state index in [1.54, 1.807) is 0 Å². The molecule has 7 nitrogen and oxygen atoms in total. The number of ether oxygens (including phenoxy) is 1. The number of phenolic OH excluding ortho intramolecular Hbond substituents is 2. The molecule has 0 spiro atoms. The molecule has 2 aromatic carbocycles. The van der Waals surface area contributed by atoms with Crippen LogP contribution in [0.5, 0.6) is 17.2 Å². The summed E-state index contributed by atoms with van der Waals surface area (Å²) >= 11 is 0. The van der Waals surface area contributed by atoms with Crippen LogP contribution in [0.1, 0.15) is 10.4 Å². The number of carbonyl (C=O) groups is 1. The first-order chi connectivity index (χ1) is 9.47. The number of rotatable bonds is 3. The molecule has 0 amide bonds. The zero-order chi connectivity index (χ0) is 14.7. The Morgan fingerprint density at radius 3 is 2.55 bits per heavy atom. The van der Waals surface area contributed by atoms with Gasteiger partial charge in [-0.25, -0.2) is 4.79 Å². The van der Waals surface area contributed by atoms with Gasteiger partial charge in [-0.05, 0) is 18.2 Å². The average molecular weight is 275 g/mol. The second kappa shape index (κ2) is 5.27. The largest absolute Gasteiger partial charge is 0.508 e. The minimum atomic E-state index is -0.961. The van der Waals surface area contributed by atoms with Gasteiger partial charge in [-0.2, -0.15) is 0 Å². The van der Waals surface area contributed by atoms with Crippen LogP contribution < -0.4 is 4.74 Å². The molecule has 0 aliphatic heterocycles. The molecule has 0 saturated carbocycles. The summed E-state index contributed by atoms with van der Waals surface area (Å²) in [6.07, 6.45) is 0. The molecule has 2 rings (SSSR count). The number of benzene rings is 2. The molecule has 0 aromatic heterocycles. The molecular weight excluding hydrogens is 266 g/mol. The number of carbonyl (C=O) groups excluding carboxylic acids is 1.